The molecule has 0 aromatic carbocycles. The van der Waals surface area contributed by atoms with Crippen molar-refractivity contribution in [3.63, 3.8) is 0 Å². The molecule has 0 fully saturated rings. The Hall–Kier alpha value is 0.170. The Morgan fingerprint density at radius 3 is 1.43 bits per heavy atom. The van der Waals surface area contributed by atoms with E-state index in [4.69, 9.17) is 0 Å². The van der Waals surface area contributed by atoms with Gasteiger partial charge in [0, 0.05) is 7.26 Å². The van der Waals surface area contributed by atoms with Gasteiger partial charge in [0.15, 0.2) is 0 Å². The first kappa shape index (κ1) is 7.17. The van der Waals surface area contributed by atoms with E-state index in [1.165, 1.54) is 5.31 Å². The van der Waals surface area contributed by atoms with E-state index in [1.807, 2.05) is 0 Å². The van der Waals surface area contributed by atoms with E-state index in [-0.39, 0.29) is 0 Å². The summed E-state index contributed by atoms with van der Waals surface area (Å²) in [6.07, 6.45) is 0. The van der Waals surface area contributed by atoms with E-state index < -0.39 is 7.26 Å². The van der Waals surface area contributed by atoms with Crippen LogP contribution in [0.25, 0.3) is 0 Å². The van der Waals surface area contributed by atoms with Gasteiger partial charge in [-0.2, -0.15) is 0 Å². The van der Waals surface area contributed by atoms with Gasteiger partial charge in [0.1, 0.15) is 0 Å². The molecule has 0 aromatic rings. The van der Waals surface area contributed by atoms with E-state index in [2.05, 4.69) is 33.5 Å². The van der Waals surface area contributed by atoms with Crippen LogP contribution in [0.4, 0.5) is 0 Å². The molecule has 42 valence electrons. The summed E-state index contributed by atoms with van der Waals surface area (Å²) in [5.41, 5.74) is 0. The molecule has 0 amide bonds. The van der Waals surface area contributed by atoms with Crippen molar-refractivity contribution < 1.29 is 0 Å². The average Bonchev–Trinajstić information content (AvgIpc) is 1.31. The SMILES string of the molecule is C=C(C)[P+](C)(C)C. The van der Waals surface area contributed by atoms with Crippen LogP contribution in [0.1, 0.15) is 6.92 Å². The van der Waals surface area contributed by atoms with Gasteiger partial charge >= 0.3 is 0 Å². The lowest BCUT2D eigenvalue weighted by Gasteiger charge is -2.08. The smallest absolute Gasteiger partial charge is 0.0605 e. The number of rotatable bonds is 1. The largest absolute Gasteiger partial charge is 0.0611 e. The van der Waals surface area contributed by atoms with Crippen LogP contribution in [-0.2, 0) is 0 Å². The van der Waals surface area contributed by atoms with E-state index in [0.29, 0.717) is 0 Å². The van der Waals surface area contributed by atoms with Gasteiger partial charge in [0.2, 0.25) is 0 Å². The normalized spacial score (nSPS) is 11.4. The lowest BCUT2D eigenvalue weighted by molar-refractivity contribution is 1.66. The third-order valence-electron chi connectivity index (χ3n) is 1.15. The van der Waals surface area contributed by atoms with E-state index >= 15 is 0 Å². The molecule has 0 aromatic heterocycles. The zero-order valence-corrected chi connectivity index (χ0v) is 6.55. The van der Waals surface area contributed by atoms with E-state index in [0.717, 1.165) is 0 Å². The number of hydrogen-bond acceptors (Lipinski definition) is 0. The first-order valence-electron chi connectivity index (χ1n) is 2.42. The minimum Gasteiger partial charge on any atom is -0.0611 e. The highest BCUT2D eigenvalue weighted by atomic mass is 31.2. The molecule has 0 aliphatic carbocycles. The Kier molecular flexibility index (Phi) is 2.01. The molecule has 1 heteroatoms. The summed E-state index contributed by atoms with van der Waals surface area (Å²) in [6.45, 7) is 12.8. The molecule has 0 saturated heterocycles. The van der Waals surface area contributed by atoms with Crippen molar-refractivity contribution in [3.8, 4) is 0 Å². The fourth-order valence-corrected chi connectivity index (χ4v) is 0. The zero-order chi connectivity index (χ0) is 6.08. The Labute approximate surface area is 47.0 Å². The highest BCUT2D eigenvalue weighted by molar-refractivity contribution is 7.77. The molecule has 0 rings (SSSR count). The minimum absolute atomic E-state index is 0.682. The second-order valence-corrected chi connectivity index (χ2v) is 7.54. The standard InChI is InChI=1S/C6H14P/c1-6(2)7(3,4)5/h1H2,2-5H3/q+1. The molecule has 0 radical (unpaired) electrons. The van der Waals surface area contributed by atoms with Crippen LogP contribution in [0.5, 0.6) is 0 Å². The fourth-order valence-electron chi connectivity index (χ4n) is 0. The molecule has 0 atom stereocenters. The molecule has 0 aliphatic rings. The maximum atomic E-state index is 3.88. The molecule has 0 aliphatic heterocycles. The van der Waals surface area contributed by atoms with Crippen molar-refractivity contribution >= 4 is 7.26 Å². The van der Waals surface area contributed by atoms with Crippen LogP contribution in [0.3, 0.4) is 0 Å². The lowest BCUT2D eigenvalue weighted by atomic mass is 10.8. The second-order valence-electron chi connectivity index (χ2n) is 2.75. The molecular weight excluding hydrogens is 103 g/mol. The van der Waals surface area contributed by atoms with Gasteiger partial charge in [-0.3, -0.25) is 0 Å². The second kappa shape index (κ2) is 1.96. The monoisotopic (exact) mass is 117 g/mol. The quantitative estimate of drug-likeness (QED) is 0.463. The minimum atomic E-state index is -0.682. The number of allylic oxidation sites excluding steroid dienone is 1. The third kappa shape index (κ3) is 2.82. The molecule has 0 nitrogen and oxygen atoms in total. The summed E-state index contributed by atoms with van der Waals surface area (Å²) in [4.78, 5) is 0. The summed E-state index contributed by atoms with van der Waals surface area (Å²) < 4.78 is 0. The predicted octanol–water partition coefficient (Wildman–Crippen LogP) is 2.43. The van der Waals surface area contributed by atoms with Crippen molar-refractivity contribution in [1.82, 2.24) is 0 Å². The fraction of sp³-hybridized carbons (Fsp3) is 0.667. The van der Waals surface area contributed by atoms with Crippen LogP contribution in [0.15, 0.2) is 11.9 Å². The van der Waals surface area contributed by atoms with Crippen LogP contribution in [0, 0.1) is 0 Å². The summed E-state index contributed by atoms with van der Waals surface area (Å²) in [5.74, 6) is 0. The van der Waals surface area contributed by atoms with Gasteiger partial charge in [-0.1, -0.05) is 6.58 Å². The molecule has 0 saturated carbocycles. The Morgan fingerprint density at radius 1 is 1.29 bits per heavy atom. The first-order chi connectivity index (χ1) is 2.94. The lowest BCUT2D eigenvalue weighted by Crippen LogP contribution is -1.82. The molecule has 7 heavy (non-hydrogen) atoms. The highest BCUT2D eigenvalue weighted by Crippen LogP contribution is 2.53. The maximum absolute atomic E-state index is 3.88. The topological polar surface area (TPSA) is 0 Å². The molecule has 0 heterocycles. The summed E-state index contributed by atoms with van der Waals surface area (Å²) in [6, 6.07) is 0. The van der Waals surface area contributed by atoms with Crippen molar-refractivity contribution in [2.24, 2.45) is 0 Å². The molecule has 0 unspecified atom stereocenters. The molecular formula is C6H14P+. The summed E-state index contributed by atoms with van der Waals surface area (Å²) >= 11 is 0. The predicted molar refractivity (Wildman–Crippen MR) is 39.5 cm³/mol. The third-order valence-corrected chi connectivity index (χ3v) is 3.44. The molecule has 0 bridgehead atoms. The van der Waals surface area contributed by atoms with Gasteiger partial charge in [-0.15, -0.1) is 0 Å². The first-order valence-corrected chi connectivity index (χ1v) is 5.55. The zero-order valence-electron chi connectivity index (χ0n) is 5.65. The Morgan fingerprint density at radius 2 is 1.43 bits per heavy atom. The van der Waals surface area contributed by atoms with Crippen molar-refractivity contribution in [2.75, 3.05) is 20.0 Å². The van der Waals surface area contributed by atoms with Gasteiger partial charge in [0.05, 0.1) is 25.3 Å². The van der Waals surface area contributed by atoms with Crippen LogP contribution < -0.4 is 0 Å². The summed E-state index contributed by atoms with van der Waals surface area (Å²) in [5, 5.41) is 1.35. The Balaban J connectivity index is 3.79. The molecule has 0 N–H and O–H groups in total. The van der Waals surface area contributed by atoms with Crippen LogP contribution >= 0.6 is 7.26 Å². The summed E-state index contributed by atoms with van der Waals surface area (Å²) in [7, 11) is -0.682. The van der Waals surface area contributed by atoms with Crippen molar-refractivity contribution in [2.45, 2.75) is 6.92 Å². The van der Waals surface area contributed by atoms with Gasteiger partial charge in [-0.25, -0.2) is 0 Å². The highest BCUT2D eigenvalue weighted by Gasteiger charge is 2.16. The van der Waals surface area contributed by atoms with E-state index in [9.17, 15) is 0 Å². The Bertz CT molecular complexity index is 76.7. The van der Waals surface area contributed by atoms with Crippen molar-refractivity contribution in [3.05, 3.63) is 11.9 Å². The van der Waals surface area contributed by atoms with E-state index in [1.54, 1.807) is 0 Å². The maximum Gasteiger partial charge on any atom is 0.0605 e. The van der Waals surface area contributed by atoms with Crippen molar-refractivity contribution in [1.29, 1.82) is 0 Å². The van der Waals surface area contributed by atoms with Gasteiger partial charge in [-0.05, 0) is 6.92 Å². The van der Waals surface area contributed by atoms with Gasteiger partial charge in [0.25, 0.3) is 0 Å². The van der Waals surface area contributed by atoms with Crippen LogP contribution in [0.2, 0.25) is 0 Å². The number of hydrogen-bond donors (Lipinski definition) is 0. The van der Waals surface area contributed by atoms with Crippen LogP contribution in [-0.4, -0.2) is 20.0 Å². The average molecular weight is 117 g/mol. The van der Waals surface area contributed by atoms with Gasteiger partial charge < -0.3 is 0 Å². The molecule has 0 spiro atoms.